The predicted octanol–water partition coefficient (Wildman–Crippen LogP) is 1.69. The van der Waals surface area contributed by atoms with Crippen molar-refractivity contribution in [3.63, 3.8) is 0 Å². The van der Waals surface area contributed by atoms with Gasteiger partial charge in [-0.1, -0.05) is 0 Å². The Labute approximate surface area is 75.7 Å². The minimum Gasteiger partial charge on any atom is -0.463 e. The van der Waals surface area contributed by atoms with Crippen LogP contribution in [0.25, 0.3) is 0 Å². The van der Waals surface area contributed by atoms with Gasteiger partial charge in [-0.2, -0.15) is 5.26 Å². The fraction of sp³-hybridized carbons (Fsp3) is 0.333. The molecule has 1 heterocycles. The predicted molar refractivity (Wildman–Crippen MR) is 44.1 cm³/mol. The highest BCUT2D eigenvalue weighted by molar-refractivity contribution is 5.86. The molecule has 1 atom stereocenters. The third-order valence-corrected chi connectivity index (χ3v) is 1.63. The van der Waals surface area contributed by atoms with E-state index in [1.54, 1.807) is 13.0 Å². The summed E-state index contributed by atoms with van der Waals surface area (Å²) in [6, 6.07) is 5.10. The van der Waals surface area contributed by atoms with Gasteiger partial charge in [-0.05, 0) is 19.1 Å². The summed E-state index contributed by atoms with van der Waals surface area (Å²) in [4.78, 5) is 10.9. The van der Waals surface area contributed by atoms with Crippen molar-refractivity contribution in [1.82, 2.24) is 0 Å². The van der Waals surface area contributed by atoms with E-state index in [0.717, 1.165) is 0 Å². The van der Waals surface area contributed by atoms with E-state index in [2.05, 4.69) is 4.74 Å². The molecule has 68 valence electrons. The quantitative estimate of drug-likeness (QED) is 0.648. The first kappa shape index (κ1) is 9.33. The fourth-order valence-corrected chi connectivity index (χ4v) is 0.859. The number of rotatable bonds is 2. The third-order valence-electron chi connectivity index (χ3n) is 1.63. The second-order valence-corrected chi connectivity index (χ2v) is 2.54. The summed E-state index contributed by atoms with van der Waals surface area (Å²) in [5.41, 5.74) is 0. The average molecular weight is 179 g/mol. The lowest BCUT2D eigenvalue weighted by Crippen LogP contribution is -1.98. The number of ether oxygens (including phenoxy) is 1. The van der Waals surface area contributed by atoms with Gasteiger partial charge in [0.1, 0.15) is 11.7 Å². The van der Waals surface area contributed by atoms with Crippen LogP contribution >= 0.6 is 0 Å². The Balaban J connectivity index is 2.88. The molecule has 0 aliphatic heterocycles. The van der Waals surface area contributed by atoms with Gasteiger partial charge < -0.3 is 9.15 Å². The van der Waals surface area contributed by atoms with Crippen LogP contribution in [-0.2, 0) is 4.74 Å². The summed E-state index contributed by atoms with van der Waals surface area (Å²) in [5.74, 6) is -0.280. The number of methoxy groups -OCH3 is 1. The molecule has 1 aromatic rings. The van der Waals surface area contributed by atoms with Gasteiger partial charge in [0.05, 0.1) is 13.2 Å². The van der Waals surface area contributed by atoms with Gasteiger partial charge >= 0.3 is 5.97 Å². The molecule has 1 rings (SSSR count). The van der Waals surface area contributed by atoms with Crippen LogP contribution in [0.4, 0.5) is 0 Å². The molecule has 0 bridgehead atoms. The van der Waals surface area contributed by atoms with Crippen molar-refractivity contribution in [3.8, 4) is 6.07 Å². The van der Waals surface area contributed by atoms with Crippen molar-refractivity contribution in [2.24, 2.45) is 0 Å². The van der Waals surface area contributed by atoms with Crippen LogP contribution in [0.3, 0.4) is 0 Å². The van der Waals surface area contributed by atoms with Crippen LogP contribution in [0.2, 0.25) is 0 Å². The van der Waals surface area contributed by atoms with Crippen LogP contribution in [0.1, 0.15) is 29.2 Å². The number of esters is 1. The Morgan fingerprint density at radius 2 is 2.38 bits per heavy atom. The van der Waals surface area contributed by atoms with E-state index in [9.17, 15) is 4.79 Å². The Kier molecular flexibility index (Phi) is 2.70. The SMILES string of the molecule is COC(=O)c1ccc(C(C)C#N)o1. The van der Waals surface area contributed by atoms with E-state index >= 15 is 0 Å². The van der Waals surface area contributed by atoms with Crippen molar-refractivity contribution >= 4 is 5.97 Å². The summed E-state index contributed by atoms with van der Waals surface area (Å²) in [6.45, 7) is 1.69. The fourth-order valence-electron chi connectivity index (χ4n) is 0.859. The molecule has 0 fully saturated rings. The molecule has 0 aliphatic rings. The molecule has 0 saturated carbocycles. The lowest BCUT2D eigenvalue weighted by molar-refractivity contribution is 0.0563. The van der Waals surface area contributed by atoms with Crippen LogP contribution in [0.5, 0.6) is 0 Å². The number of carbonyl (C=O) groups is 1. The summed E-state index contributed by atoms with van der Waals surface area (Å²) in [7, 11) is 1.28. The second-order valence-electron chi connectivity index (χ2n) is 2.54. The molecular formula is C9H9NO3. The zero-order valence-electron chi connectivity index (χ0n) is 7.40. The maximum atomic E-state index is 10.9. The maximum absolute atomic E-state index is 10.9. The highest BCUT2D eigenvalue weighted by atomic mass is 16.5. The molecule has 0 aliphatic carbocycles. The monoisotopic (exact) mass is 179 g/mol. The Morgan fingerprint density at radius 1 is 1.69 bits per heavy atom. The first-order chi connectivity index (χ1) is 6.19. The highest BCUT2D eigenvalue weighted by Crippen LogP contribution is 2.17. The number of nitrogens with zero attached hydrogens (tertiary/aromatic N) is 1. The molecule has 4 nitrogen and oxygen atoms in total. The molecular weight excluding hydrogens is 170 g/mol. The molecule has 0 saturated heterocycles. The van der Waals surface area contributed by atoms with Gasteiger partial charge in [-0.15, -0.1) is 0 Å². The van der Waals surface area contributed by atoms with Crippen molar-refractivity contribution in [2.75, 3.05) is 7.11 Å². The van der Waals surface area contributed by atoms with E-state index in [-0.39, 0.29) is 11.7 Å². The number of carbonyl (C=O) groups excluding carboxylic acids is 1. The first-order valence-corrected chi connectivity index (χ1v) is 3.76. The van der Waals surface area contributed by atoms with E-state index in [1.165, 1.54) is 13.2 Å². The third kappa shape index (κ3) is 1.88. The van der Waals surface area contributed by atoms with Crippen molar-refractivity contribution in [1.29, 1.82) is 5.26 Å². The molecule has 0 amide bonds. The molecule has 1 unspecified atom stereocenters. The van der Waals surface area contributed by atoms with Crippen molar-refractivity contribution in [2.45, 2.75) is 12.8 Å². The summed E-state index contributed by atoms with van der Waals surface area (Å²) < 4.78 is 9.54. The van der Waals surface area contributed by atoms with Gasteiger partial charge in [-0.25, -0.2) is 4.79 Å². The van der Waals surface area contributed by atoms with Gasteiger partial charge in [0, 0.05) is 0 Å². The zero-order valence-corrected chi connectivity index (χ0v) is 7.40. The van der Waals surface area contributed by atoms with E-state index in [0.29, 0.717) is 5.76 Å². The topological polar surface area (TPSA) is 63.2 Å². The van der Waals surface area contributed by atoms with Gasteiger partial charge in [-0.3, -0.25) is 0 Å². The van der Waals surface area contributed by atoms with E-state index < -0.39 is 5.97 Å². The van der Waals surface area contributed by atoms with Crippen LogP contribution < -0.4 is 0 Å². The molecule has 0 N–H and O–H groups in total. The standard InChI is InChI=1S/C9H9NO3/c1-6(5-10)7-3-4-8(13-7)9(11)12-2/h3-4,6H,1-2H3. The molecule has 0 aromatic carbocycles. The van der Waals surface area contributed by atoms with Crippen LogP contribution in [-0.4, -0.2) is 13.1 Å². The molecule has 4 heteroatoms. The van der Waals surface area contributed by atoms with Crippen molar-refractivity contribution in [3.05, 3.63) is 23.7 Å². The van der Waals surface area contributed by atoms with Crippen LogP contribution in [0, 0.1) is 11.3 Å². The van der Waals surface area contributed by atoms with Gasteiger partial charge in [0.2, 0.25) is 5.76 Å². The molecule has 13 heavy (non-hydrogen) atoms. The molecule has 1 aromatic heterocycles. The van der Waals surface area contributed by atoms with Gasteiger partial charge in [0.25, 0.3) is 0 Å². The normalized spacial score (nSPS) is 11.8. The summed E-state index contributed by atoms with van der Waals surface area (Å²) >= 11 is 0. The molecule has 0 spiro atoms. The maximum Gasteiger partial charge on any atom is 0.373 e. The van der Waals surface area contributed by atoms with Crippen LogP contribution in [0.15, 0.2) is 16.5 Å². The second kappa shape index (κ2) is 3.76. The highest BCUT2D eigenvalue weighted by Gasteiger charge is 2.14. The Hall–Kier alpha value is -1.76. The number of hydrogen-bond donors (Lipinski definition) is 0. The minimum absolute atomic E-state index is 0.125. The first-order valence-electron chi connectivity index (χ1n) is 3.76. The lowest BCUT2D eigenvalue weighted by atomic mass is 10.1. The summed E-state index contributed by atoms with van der Waals surface area (Å²) in [6.07, 6.45) is 0. The number of furan rings is 1. The van der Waals surface area contributed by atoms with E-state index in [1.807, 2.05) is 6.07 Å². The van der Waals surface area contributed by atoms with E-state index in [4.69, 9.17) is 9.68 Å². The number of nitriles is 1. The minimum atomic E-state index is -0.531. The molecule has 0 radical (unpaired) electrons. The van der Waals surface area contributed by atoms with Crippen molar-refractivity contribution < 1.29 is 13.9 Å². The summed E-state index contributed by atoms with van der Waals surface area (Å²) in [5, 5.41) is 8.57. The zero-order chi connectivity index (χ0) is 9.84. The Morgan fingerprint density at radius 3 is 2.92 bits per heavy atom. The Bertz CT molecular complexity index is 348. The largest absolute Gasteiger partial charge is 0.463 e. The number of hydrogen-bond acceptors (Lipinski definition) is 4. The smallest absolute Gasteiger partial charge is 0.373 e. The lowest BCUT2D eigenvalue weighted by Gasteiger charge is -1.95. The average Bonchev–Trinajstić information content (AvgIpc) is 2.64. The van der Waals surface area contributed by atoms with Gasteiger partial charge in [0.15, 0.2) is 0 Å².